The van der Waals surface area contributed by atoms with Gasteiger partial charge < -0.3 is 10.1 Å². The van der Waals surface area contributed by atoms with E-state index in [0.717, 1.165) is 22.6 Å². The van der Waals surface area contributed by atoms with Gasteiger partial charge >= 0.3 is 12.0 Å². The van der Waals surface area contributed by atoms with Crippen molar-refractivity contribution >= 4 is 29.2 Å². The smallest absolute Gasteiger partial charge is 0.339 e. The zero-order valence-corrected chi connectivity index (χ0v) is 20.3. The Morgan fingerprint density at radius 2 is 1.89 bits per heavy atom. The molecular formula is C25H24N6O3S. The summed E-state index contributed by atoms with van der Waals surface area (Å²) in [4.78, 5) is 42.3. The Kier molecular flexibility index (Phi) is 7.41. The molecule has 2 N–H and O–H groups in total. The number of anilines is 1. The Bertz CT molecular complexity index is 1370. The van der Waals surface area contributed by atoms with E-state index in [1.54, 1.807) is 31.5 Å². The van der Waals surface area contributed by atoms with Gasteiger partial charge in [0.05, 0.1) is 17.9 Å². The molecule has 0 aliphatic carbocycles. The Labute approximate surface area is 206 Å². The van der Waals surface area contributed by atoms with Crippen LogP contribution in [0.4, 0.5) is 10.6 Å². The number of urea groups is 1. The zero-order chi connectivity index (χ0) is 24.8. The zero-order valence-electron chi connectivity index (χ0n) is 19.5. The van der Waals surface area contributed by atoms with Crippen molar-refractivity contribution in [1.82, 2.24) is 25.3 Å². The van der Waals surface area contributed by atoms with Crippen molar-refractivity contribution in [3.63, 3.8) is 0 Å². The number of aromatic nitrogens is 4. The van der Waals surface area contributed by atoms with E-state index in [1.165, 1.54) is 17.5 Å². The third kappa shape index (κ3) is 5.67. The van der Waals surface area contributed by atoms with E-state index in [0.29, 0.717) is 34.1 Å². The highest BCUT2D eigenvalue weighted by Gasteiger charge is 2.17. The maximum Gasteiger partial charge on any atom is 0.339 e. The molecule has 0 aliphatic heterocycles. The Morgan fingerprint density at radius 3 is 2.66 bits per heavy atom. The summed E-state index contributed by atoms with van der Waals surface area (Å²) in [5.41, 5.74) is 4.87. The maximum absolute atomic E-state index is 12.3. The van der Waals surface area contributed by atoms with Crippen molar-refractivity contribution in [1.29, 1.82) is 0 Å². The number of carbonyl (C=O) groups is 2. The number of aryl methyl sites for hydroxylation is 1. The molecular weight excluding hydrogens is 464 g/mol. The lowest BCUT2D eigenvalue weighted by Gasteiger charge is -2.11. The molecule has 10 heteroatoms. The van der Waals surface area contributed by atoms with Crippen molar-refractivity contribution in [2.24, 2.45) is 0 Å². The number of rotatable bonds is 7. The second-order valence-corrected chi connectivity index (χ2v) is 8.34. The van der Waals surface area contributed by atoms with Crippen LogP contribution >= 0.6 is 11.3 Å². The third-order valence-corrected chi connectivity index (χ3v) is 5.80. The van der Waals surface area contributed by atoms with Crippen LogP contribution in [-0.4, -0.2) is 45.1 Å². The van der Waals surface area contributed by atoms with Crippen molar-refractivity contribution in [2.45, 2.75) is 20.8 Å². The molecule has 2 amide bonds. The van der Waals surface area contributed by atoms with Gasteiger partial charge in [0.2, 0.25) is 0 Å². The van der Waals surface area contributed by atoms with Crippen LogP contribution in [0.25, 0.3) is 33.1 Å². The molecule has 9 nitrogen and oxygen atoms in total. The predicted octanol–water partition coefficient (Wildman–Crippen LogP) is 4.96. The van der Waals surface area contributed by atoms with Crippen LogP contribution in [0.1, 0.15) is 29.9 Å². The molecule has 35 heavy (non-hydrogen) atoms. The largest absolute Gasteiger partial charge is 0.462 e. The highest BCUT2D eigenvalue weighted by Crippen LogP contribution is 2.36. The van der Waals surface area contributed by atoms with Crippen LogP contribution in [0.15, 0.2) is 54.3 Å². The van der Waals surface area contributed by atoms with Crippen LogP contribution in [0, 0.1) is 6.92 Å². The minimum atomic E-state index is -0.451. The standard InChI is InChI=1S/C25H24N6O3S/c1-4-27-25(33)31-22-10-18(23-30-21(14-35-23)20-8-6-7-15(3)29-20)19(13-28-22)16-9-17(12-26-11-16)24(32)34-5-2/h6-14H,4-5H2,1-3H3,(H2,27,28,31,33). The third-order valence-electron chi connectivity index (χ3n) is 4.93. The predicted molar refractivity (Wildman–Crippen MR) is 135 cm³/mol. The lowest BCUT2D eigenvalue weighted by Crippen LogP contribution is -2.28. The van der Waals surface area contributed by atoms with Gasteiger partial charge in [-0.2, -0.15) is 0 Å². The summed E-state index contributed by atoms with van der Waals surface area (Å²) in [5.74, 6) is -0.0809. The monoisotopic (exact) mass is 488 g/mol. The van der Waals surface area contributed by atoms with E-state index in [9.17, 15) is 9.59 Å². The summed E-state index contributed by atoms with van der Waals surface area (Å²) in [6.45, 7) is 6.27. The molecule has 0 saturated carbocycles. The lowest BCUT2D eigenvalue weighted by atomic mass is 10.0. The van der Waals surface area contributed by atoms with Gasteiger partial charge in [0.1, 0.15) is 16.5 Å². The van der Waals surface area contributed by atoms with Gasteiger partial charge in [-0.25, -0.2) is 19.6 Å². The fraction of sp³-hybridized carbons (Fsp3) is 0.200. The Hall–Kier alpha value is -4.18. The van der Waals surface area contributed by atoms with E-state index < -0.39 is 5.97 Å². The highest BCUT2D eigenvalue weighted by molar-refractivity contribution is 7.13. The number of nitrogens with zero attached hydrogens (tertiary/aromatic N) is 4. The molecule has 4 aromatic rings. The second kappa shape index (κ2) is 10.8. The number of pyridine rings is 3. The summed E-state index contributed by atoms with van der Waals surface area (Å²) < 4.78 is 5.12. The van der Waals surface area contributed by atoms with Gasteiger partial charge in [-0.1, -0.05) is 6.07 Å². The quantitative estimate of drug-likeness (QED) is 0.353. The van der Waals surface area contributed by atoms with E-state index in [1.807, 2.05) is 37.4 Å². The van der Waals surface area contributed by atoms with Gasteiger partial charge in [0.25, 0.3) is 0 Å². The summed E-state index contributed by atoms with van der Waals surface area (Å²) in [6, 6.07) is 8.89. The number of hydrogen-bond acceptors (Lipinski definition) is 8. The van der Waals surface area contributed by atoms with E-state index in [-0.39, 0.29) is 12.6 Å². The lowest BCUT2D eigenvalue weighted by molar-refractivity contribution is 0.0526. The van der Waals surface area contributed by atoms with Crippen LogP contribution in [-0.2, 0) is 4.74 Å². The summed E-state index contributed by atoms with van der Waals surface area (Å²) in [6.07, 6.45) is 4.75. The molecule has 0 bridgehead atoms. The number of hydrogen-bond donors (Lipinski definition) is 2. The molecule has 0 aliphatic rings. The molecule has 4 aromatic heterocycles. The minimum Gasteiger partial charge on any atom is -0.462 e. The first-order valence-corrected chi connectivity index (χ1v) is 11.9. The normalized spacial score (nSPS) is 10.6. The molecule has 0 atom stereocenters. The molecule has 0 saturated heterocycles. The number of nitrogens with one attached hydrogen (secondary N) is 2. The van der Waals surface area contributed by atoms with Gasteiger partial charge in [-0.3, -0.25) is 15.3 Å². The van der Waals surface area contributed by atoms with E-state index in [2.05, 4.69) is 25.6 Å². The topological polar surface area (TPSA) is 119 Å². The fourth-order valence-corrected chi connectivity index (χ4v) is 4.21. The maximum atomic E-state index is 12.3. The fourth-order valence-electron chi connectivity index (χ4n) is 3.37. The van der Waals surface area contributed by atoms with Crippen LogP contribution in [0.5, 0.6) is 0 Å². The average molecular weight is 489 g/mol. The number of ether oxygens (including phenoxy) is 1. The summed E-state index contributed by atoms with van der Waals surface area (Å²) in [7, 11) is 0. The molecule has 4 rings (SSSR count). The molecule has 178 valence electrons. The molecule has 0 unspecified atom stereocenters. The van der Waals surface area contributed by atoms with Crippen LogP contribution in [0.2, 0.25) is 0 Å². The number of carbonyl (C=O) groups excluding carboxylic acids is 2. The average Bonchev–Trinajstić information content (AvgIpc) is 3.35. The summed E-state index contributed by atoms with van der Waals surface area (Å²) >= 11 is 1.45. The minimum absolute atomic E-state index is 0.269. The van der Waals surface area contributed by atoms with Gasteiger partial charge in [-0.15, -0.1) is 11.3 Å². The Balaban J connectivity index is 1.79. The first-order valence-electron chi connectivity index (χ1n) is 11.1. The molecule has 0 spiro atoms. The Morgan fingerprint density at radius 1 is 1.03 bits per heavy atom. The first kappa shape index (κ1) is 24.0. The van der Waals surface area contributed by atoms with Crippen molar-refractivity contribution < 1.29 is 14.3 Å². The highest BCUT2D eigenvalue weighted by atomic mass is 32.1. The van der Waals surface area contributed by atoms with Crippen molar-refractivity contribution in [3.05, 3.63) is 65.6 Å². The van der Waals surface area contributed by atoms with Crippen molar-refractivity contribution in [3.8, 4) is 33.1 Å². The summed E-state index contributed by atoms with van der Waals surface area (Å²) in [5, 5.41) is 8.07. The van der Waals surface area contributed by atoms with E-state index in [4.69, 9.17) is 9.72 Å². The van der Waals surface area contributed by atoms with Crippen molar-refractivity contribution in [2.75, 3.05) is 18.5 Å². The molecule has 0 aromatic carbocycles. The number of esters is 1. The molecule has 0 fully saturated rings. The molecule has 0 radical (unpaired) electrons. The SMILES string of the molecule is CCNC(=O)Nc1cc(-c2nc(-c3cccc(C)n3)cs2)c(-c2cncc(C(=O)OCC)c2)cn1. The number of amides is 2. The van der Waals surface area contributed by atoms with Gasteiger partial charge in [-0.05, 0) is 45.0 Å². The van der Waals surface area contributed by atoms with Gasteiger partial charge in [0.15, 0.2) is 0 Å². The van der Waals surface area contributed by atoms with Gasteiger partial charge in [0, 0.05) is 52.9 Å². The first-order chi connectivity index (χ1) is 17.0. The van der Waals surface area contributed by atoms with Crippen LogP contribution in [0.3, 0.4) is 0 Å². The van der Waals surface area contributed by atoms with E-state index >= 15 is 0 Å². The molecule has 4 heterocycles. The van der Waals surface area contributed by atoms with Crippen LogP contribution < -0.4 is 10.6 Å². The second-order valence-electron chi connectivity index (χ2n) is 7.48. The number of thiazole rings is 1.